The van der Waals surface area contributed by atoms with Gasteiger partial charge >= 0.3 is 0 Å². The predicted octanol–water partition coefficient (Wildman–Crippen LogP) is 5.29. The zero-order valence-corrected chi connectivity index (χ0v) is 19.2. The molecule has 1 aromatic heterocycles. The lowest BCUT2D eigenvalue weighted by Crippen LogP contribution is -2.39. The third kappa shape index (κ3) is 5.50. The Hall–Kier alpha value is -3.13. The molecule has 3 N–H and O–H groups in total. The van der Waals surface area contributed by atoms with Crippen molar-refractivity contribution in [1.29, 1.82) is 0 Å². The molecule has 1 unspecified atom stereocenters. The van der Waals surface area contributed by atoms with E-state index in [9.17, 15) is 22.8 Å². The summed E-state index contributed by atoms with van der Waals surface area (Å²) in [7, 11) is 1.50. The molecule has 2 aromatic carbocycles. The number of carbonyl (C=O) groups is 2. The highest BCUT2D eigenvalue weighted by atomic mass is 19.1. The summed E-state index contributed by atoms with van der Waals surface area (Å²) < 4.78 is 40.8. The molecule has 1 saturated carbocycles. The second kappa shape index (κ2) is 11.8. The molecule has 1 atom stereocenters. The molecule has 1 amide bonds. The number of nitrogens with zero attached hydrogens (tertiary/aromatic N) is 1. The number of rotatable bonds is 4. The van der Waals surface area contributed by atoms with E-state index < -0.39 is 11.6 Å². The van der Waals surface area contributed by atoms with Gasteiger partial charge in [-0.15, -0.1) is 0 Å². The second-order valence-corrected chi connectivity index (χ2v) is 8.40. The zero-order chi connectivity index (χ0) is 24.7. The van der Waals surface area contributed by atoms with Crippen molar-refractivity contribution in [3.05, 3.63) is 59.4 Å². The summed E-state index contributed by atoms with van der Waals surface area (Å²) in [5.74, 6) is -1.18. The second-order valence-electron chi connectivity index (χ2n) is 8.40. The Morgan fingerprint density at radius 2 is 1.65 bits per heavy atom. The number of amides is 1. The maximum absolute atomic E-state index is 14.1. The van der Waals surface area contributed by atoms with Crippen molar-refractivity contribution in [3.63, 3.8) is 0 Å². The quantitative estimate of drug-likeness (QED) is 0.506. The minimum absolute atomic E-state index is 0.147. The number of fused-ring (bicyclic) bond motifs is 1. The van der Waals surface area contributed by atoms with E-state index in [1.54, 1.807) is 17.0 Å². The van der Waals surface area contributed by atoms with Gasteiger partial charge in [0.1, 0.15) is 23.7 Å². The molecule has 0 spiro atoms. The van der Waals surface area contributed by atoms with Crippen LogP contribution in [0.2, 0.25) is 0 Å². The van der Waals surface area contributed by atoms with Crippen molar-refractivity contribution >= 4 is 23.6 Å². The van der Waals surface area contributed by atoms with E-state index in [2.05, 4.69) is 10.7 Å². The largest absolute Gasteiger partial charge is 0.352 e. The minimum Gasteiger partial charge on any atom is -0.352 e. The Balaban J connectivity index is 0.000000228. The maximum Gasteiger partial charge on any atom is 0.210 e. The highest BCUT2D eigenvalue weighted by molar-refractivity contribution is 5.92. The topological polar surface area (TPSA) is 79.2 Å². The fourth-order valence-electron chi connectivity index (χ4n) is 4.46. The number of piperidine rings is 1. The van der Waals surface area contributed by atoms with Gasteiger partial charge in [-0.1, -0.05) is 6.42 Å². The smallest absolute Gasteiger partial charge is 0.210 e. The van der Waals surface area contributed by atoms with E-state index in [4.69, 9.17) is 0 Å². The molecule has 2 heterocycles. The lowest BCUT2D eigenvalue weighted by atomic mass is 9.78. The first kappa shape index (κ1) is 25.5. The van der Waals surface area contributed by atoms with Crippen LogP contribution in [0.25, 0.3) is 22.2 Å². The number of aromatic nitrogens is 1. The molecule has 5 nitrogen and oxygen atoms in total. The predicted molar refractivity (Wildman–Crippen MR) is 127 cm³/mol. The van der Waals surface area contributed by atoms with Crippen molar-refractivity contribution in [3.8, 4) is 11.3 Å². The number of nitrogens with two attached hydrogens (primary N) is 1. The third-order valence-electron chi connectivity index (χ3n) is 6.40. The Kier molecular flexibility index (Phi) is 8.87. The normalized spacial score (nSPS) is 17.7. The summed E-state index contributed by atoms with van der Waals surface area (Å²) in [6.07, 6.45) is 7.70. The number of hydrogen-bond donors (Lipinski definition) is 2. The monoisotopic (exact) mass is 473 g/mol. The van der Waals surface area contributed by atoms with Gasteiger partial charge in [-0.3, -0.25) is 4.79 Å². The number of hydrogen-bond acceptors (Lipinski definition) is 3. The molecular formula is C26H30F3N3O2. The number of aromatic amines is 1. The van der Waals surface area contributed by atoms with Crippen LogP contribution >= 0.6 is 0 Å². The van der Waals surface area contributed by atoms with Gasteiger partial charge in [0, 0.05) is 18.0 Å². The average molecular weight is 474 g/mol. The number of carbonyl (C=O) groups excluding carboxylic acids is 2. The Bertz CT molecular complexity index is 1090. The number of H-pyrrole nitrogens is 1. The van der Waals surface area contributed by atoms with Crippen LogP contribution in [0.1, 0.15) is 50.0 Å². The summed E-state index contributed by atoms with van der Waals surface area (Å²) in [6.45, 7) is 0.743. The molecule has 5 rings (SSSR count). The molecular weight excluding hydrogens is 443 g/mol. The fraction of sp³-hybridized carbons (Fsp3) is 0.385. The van der Waals surface area contributed by atoms with Crippen molar-refractivity contribution in [2.75, 3.05) is 13.6 Å². The zero-order valence-electron chi connectivity index (χ0n) is 19.2. The number of halogens is 3. The Labute approximate surface area is 197 Å². The summed E-state index contributed by atoms with van der Waals surface area (Å²) in [6, 6.07) is 8.21. The first-order chi connectivity index (χ1) is 16.5. The van der Waals surface area contributed by atoms with E-state index in [0.717, 1.165) is 80.7 Å². The highest BCUT2D eigenvalue weighted by Gasteiger charge is 2.28. The van der Waals surface area contributed by atoms with Gasteiger partial charge in [0.05, 0.1) is 17.3 Å². The van der Waals surface area contributed by atoms with E-state index >= 15 is 0 Å². The van der Waals surface area contributed by atoms with Crippen molar-refractivity contribution in [2.24, 2.45) is 5.73 Å². The minimum atomic E-state index is -0.594. The van der Waals surface area contributed by atoms with Crippen LogP contribution in [0.3, 0.4) is 0 Å². The third-order valence-corrected chi connectivity index (χ3v) is 6.40. The Morgan fingerprint density at radius 1 is 0.941 bits per heavy atom. The number of nitrogens with one attached hydrogen (secondary N) is 1. The molecule has 3 aromatic rings. The SMILES string of the molecule is CN.Fc1ccc(-c2[nH]c3c(F)cc(F)cc3c2C2CCC2)cc1.O=CC1CCCCN1C=O. The van der Waals surface area contributed by atoms with E-state index in [0.29, 0.717) is 16.8 Å². The van der Waals surface area contributed by atoms with Gasteiger partial charge in [0.25, 0.3) is 0 Å². The van der Waals surface area contributed by atoms with Crippen LogP contribution in [0.15, 0.2) is 36.4 Å². The van der Waals surface area contributed by atoms with Crippen LogP contribution in [-0.4, -0.2) is 42.2 Å². The van der Waals surface area contributed by atoms with E-state index in [1.807, 2.05) is 0 Å². The van der Waals surface area contributed by atoms with E-state index in [-0.39, 0.29) is 11.9 Å². The van der Waals surface area contributed by atoms with Gasteiger partial charge < -0.3 is 20.4 Å². The fourth-order valence-corrected chi connectivity index (χ4v) is 4.46. The van der Waals surface area contributed by atoms with Crippen LogP contribution in [0, 0.1) is 17.5 Å². The van der Waals surface area contributed by atoms with Gasteiger partial charge in [-0.25, -0.2) is 13.2 Å². The lowest BCUT2D eigenvalue weighted by Gasteiger charge is -2.28. The number of aldehydes is 1. The molecule has 182 valence electrons. The van der Waals surface area contributed by atoms with Crippen molar-refractivity contribution in [2.45, 2.75) is 50.5 Å². The summed E-state index contributed by atoms with van der Waals surface area (Å²) in [5.41, 5.74) is 7.33. The van der Waals surface area contributed by atoms with Gasteiger partial charge in [-0.2, -0.15) is 0 Å². The molecule has 34 heavy (non-hydrogen) atoms. The molecule has 1 saturated heterocycles. The molecule has 2 fully saturated rings. The summed E-state index contributed by atoms with van der Waals surface area (Å²) in [4.78, 5) is 25.3. The van der Waals surface area contributed by atoms with Crippen molar-refractivity contribution in [1.82, 2.24) is 9.88 Å². The Morgan fingerprint density at radius 3 is 2.21 bits per heavy atom. The summed E-state index contributed by atoms with van der Waals surface area (Å²) in [5, 5.41) is 0.599. The molecule has 1 aliphatic carbocycles. The molecule has 2 aliphatic rings. The molecule has 1 aliphatic heterocycles. The van der Waals surface area contributed by atoms with Gasteiger partial charge in [-0.05, 0) is 86.5 Å². The van der Waals surface area contributed by atoms with Crippen LogP contribution in [-0.2, 0) is 9.59 Å². The lowest BCUT2D eigenvalue weighted by molar-refractivity contribution is -0.126. The van der Waals surface area contributed by atoms with Crippen molar-refractivity contribution < 1.29 is 22.8 Å². The average Bonchev–Trinajstić information content (AvgIpc) is 3.19. The van der Waals surface area contributed by atoms with Crippen LogP contribution < -0.4 is 5.73 Å². The number of benzene rings is 2. The number of likely N-dealkylation sites (tertiary alicyclic amines) is 1. The first-order valence-electron chi connectivity index (χ1n) is 11.5. The first-order valence-corrected chi connectivity index (χ1v) is 11.5. The summed E-state index contributed by atoms with van der Waals surface area (Å²) >= 11 is 0. The standard InChI is InChI=1S/C18H14F3N.C7H11NO2.CH5N/c19-12-6-4-11(5-7-12)17-16(10-2-1-3-10)14-8-13(20)9-15(21)18(14)22-17;9-5-7-3-1-2-4-8(7)6-10;1-2/h4-10,22H,1-3H2;5-7H,1-4H2;2H2,1H3. The van der Waals surface area contributed by atoms with Gasteiger partial charge in [0.2, 0.25) is 6.41 Å². The van der Waals surface area contributed by atoms with Crippen LogP contribution in [0.5, 0.6) is 0 Å². The molecule has 0 radical (unpaired) electrons. The highest BCUT2D eigenvalue weighted by Crippen LogP contribution is 2.45. The van der Waals surface area contributed by atoms with E-state index in [1.165, 1.54) is 25.2 Å². The molecule has 0 bridgehead atoms. The van der Waals surface area contributed by atoms with Gasteiger partial charge in [0.15, 0.2) is 0 Å². The molecule has 8 heteroatoms. The maximum atomic E-state index is 14.1. The van der Waals surface area contributed by atoms with Crippen LogP contribution in [0.4, 0.5) is 13.2 Å².